The molecule has 1 aliphatic carbocycles. The molecule has 0 bridgehead atoms. The molecule has 0 unspecified atom stereocenters. The maximum atomic E-state index is 12.9. The fraction of sp³-hybridized carbons (Fsp3) is 0.500. The summed E-state index contributed by atoms with van der Waals surface area (Å²) in [7, 11) is 1.46. The highest BCUT2D eigenvalue weighted by atomic mass is 16.5. The number of benzene rings is 1. The van der Waals surface area contributed by atoms with Crippen molar-refractivity contribution < 1.29 is 19.1 Å². The molecule has 0 saturated carbocycles. The summed E-state index contributed by atoms with van der Waals surface area (Å²) in [6, 6.07) is 9.81. The monoisotopic (exact) mass is 386 g/mol. The van der Waals surface area contributed by atoms with Gasteiger partial charge in [-0.05, 0) is 30.4 Å². The Morgan fingerprint density at radius 3 is 2.50 bits per heavy atom. The van der Waals surface area contributed by atoms with Crippen LogP contribution in [0.25, 0.3) is 0 Å². The third kappa shape index (κ3) is 5.21. The predicted molar refractivity (Wildman–Crippen MR) is 107 cm³/mol. The molecule has 0 spiro atoms. The largest absolute Gasteiger partial charge is 0.493 e. The van der Waals surface area contributed by atoms with E-state index >= 15 is 0 Å². The fourth-order valence-electron chi connectivity index (χ4n) is 3.73. The molecule has 152 valence electrons. The van der Waals surface area contributed by atoms with Crippen LogP contribution in [0, 0.1) is 11.8 Å². The highest BCUT2D eigenvalue weighted by Crippen LogP contribution is 2.37. The second-order valence-electron chi connectivity index (χ2n) is 7.15. The average molecular weight is 386 g/mol. The standard InChI is InChI=1S/C22H30N2O4/c1-5-24(16(3)25)12-11-23-22(27)19-14-21(28-4)20(26)13-18(15(19)2)17-9-7-6-8-10-17/h6-10,14-15,18-19H,5,11-13H2,1-4H3,(H,23,27)/t15-,18-,19-/m0/s1. The number of nitrogens with zero attached hydrogens (tertiary/aromatic N) is 1. The first-order valence-electron chi connectivity index (χ1n) is 9.76. The average Bonchev–Trinajstić information content (AvgIpc) is 2.82. The van der Waals surface area contributed by atoms with Crippen molar-refractivity contribution in [2.24, 2.45) is 11.8 Å². The number of ether oxygens (including phenoxy) is 1. The van der Waals surface area contributed by atoms with E-state index in [1.54, 1.807) is 11.0 Å². The maximum Gasteiger partial charge on any atom is 0.227 e. The van der Waals surface area contributed by atoms with Gasteiger partial charge >= 0.3 is 0 Å². The molecule has 0 aliphatic heterocycles. The van der Waals surface area contributed by atoms with E-state index in [0.29, 0.717) is 26.1 Å². The van der Waals surface area contributed by atoms with Crippen LogP contribution in [0.3, 0.4) is 0 Å². The summed E-state index contributed by atoms with van der Waals surface area (Å²) >= 11 is 0. The Balaban J connectivity index is 2.18. The van der Waals surface area contributed by atoms with Crippen molar-refractivity contribution in [1.29, 1.82) is 0 Å². The second kappa shape index (κ2) is 10.1. The second-order valence-corrected chi connectivity index (χ2v) is 7.15. The lowest BCUT2D eigenvalue weighted by molar-refractivity contribution is -0.130. The fourth-order valence-corrected chi connectivity index (χ4v) is 3.73. The number of methoxy groups -OCH3 is 1. The van der Waals surface area contributed by atoms with Crippen LogP contribution in [0.15, 0.2) is 42.2 Å². The number of rotatable bonds is 7. The summed E-state index contributed by atoms with van der Waals surface area (Å²) in [4.78, 5) is 38.7. The van der Waals surface area contributed by atoms with Gasteiger partial charge in [-0.25, -0.2) is 0 Å². The van der Waals surface area contributed by atoms with Gasteiger partial charge in [0.15, 0.2) is 11.5 Å². The summed E-state index contributed by atoms with van der Waals surface area (Å²) in [5.74, 6) is -0.657. The first-order chi connectivity index (χ1) is 13.4. The van der Waals surface area contributed by atoms with Crippen molar-refractivity contribution in [2.75, 3.05) is 26.7 Å². The molecule has 0 radical (unpaired) electrons. The van der Waals surface area contributed by atoms with Gasteiger partial charge in [0.2, 0.25) is 11.8 Å². The van der Waals surface area contributed by atoms with Crippen molar-refractivity contribution in [2.45, 2.75) is 33.1 Å². The number of ketones is 1. The molecule has 0 heterocycles. The van der Waals surface area contributed by atoms with Crippen LogP contribution in [-0.2, 0) is 19.1 Å². The molecule has 3 atom stereocenters. The van der Waals surface area contributed by atoms with Gasteiger partial charge < -0.3 is 15.0 Å². The van der Waals surface area contributed by atoms with Crippen LogP contribution in [0.5, 0.6) is 0 Å². The van der Waals surface area contributed by atoms with Crippen LogP contribution < -0.4 is 5.32 Å². The zero-order chi connectivity index (χ0) is 20.7. The molecule has 0 fully saturated rings. The van der Waals surface area contributed by atoms with Gasteiger partial charge in [-0.2, -0.15) is 0 Å². The van der Waals surface area contributed by atoms with Gasteiger partial charge in [-0.15, -0.1) is 0 Å². The Morgan fingerprint density at radius 2 is 1.93 bits per heavy atom. The Kier molecular flexibility index (Phi) is 7.79. The zero-order valence-corrected chi connectivity index (χ0v) is 17.1. The third-order valence-electron chi connectivity index (χ3n) is 5.47. The number of carbonyl (C=O) groups excluding carboxylic acids is 3. The number of Topliss-reactive ketones (excluding diaryl/α,β-unsaturated/α-hetero) is 1. The molecule has 28 heavy (non-hydrogen) atoms. The van der Waals surface area contributed by atoms with E-state index in [1.165, 1.54) is 14.0 Å². The van der Waals surface area contributed by atoms with E-state index in [-0.39, 0.29) is 35.2 Å². The summed E-state index contributed by atoms with van der Waals surface area (Å²) < 4.78 is 5.27. The van der Waals surface area contributed by atoms with E-state index in [4.69, 9.17) is 4.74 Å². The van der Waals surface area contributed by atoms with Crippen LogP contribution in [-0.4, -0.2) is 49.2 Å². The molecule has 2 rings (SSSR count). The van der Waals surface area contributed by atoms with Gasteiger partial charge in [0.05, 0.1) is 13.0 Å². The van der Waals surface area contributed by atoms with Crippen LogP contribution in [0.4, 0.5) is 0 Å². The number of allylic oxidation sites excluding steroid dienone is 1. The Bertz CT molecular complexity index is 729. The minimum absolute atomic E-state index is 0.0177. The molecular formula is C22H30N2O4. The van der Waals surface area contributed by atoms with E-state index < -0.39 is 5.92 Å². The van der Waals surface area contributed by atoms with E-state index in [1.807, 2.05) is 44.2 Å². The van der Waals surface area contributed by atoms with Gasteiger partial charge in [0.1, 0.15) is 0 Å². The third-order valence-corrected chi connectivity index (χ3v) is 5.47. The van der Waals surface area contributed by atoms with Gasteiger partial charge in [0.25, 0.3) is 0 Å². The van der Waals surface area contributed by atoms with Crippen LogP contribution >= 0.6 is 0 Å². The van der Waals surface area contributed by atoms with Gasteiger partial charge in [0, 0.05) is 33.0 Å². The zero-order valence-electron chi connectivity index (χ0n) is 17.1. The summed E-state index contributed by atoms with van der Waals surface area (Å²) in [6.07, 6.45) is 1.95. The molecule has 1 aliphatic rings. The molecular weight excluding hydrogens is 356 g/mol. The van der Waals surface area contributed by atoms with E-state index in [9.17, 15) is 14.4 Å². The smallest absolute Gasteiger partial charge is 0.227 e. The molecule has 0 aromatic heterocycles. The number of carbonyl (C=O) groups is 3. The molecule has 1 N–H and O–H groups in total. The number of likely N-dealkylation sites (N-methyl/N-ethyl adjacent to an activating group) is 1. The van der Waals surface area contributed by atoms with Crippen LogP contribution in [0.2, 0.25) is 0 Å². The molecule has 1 aromatic carbocycles. The molecule has 6 heteroatoms. The van der Waals surface area contributed by atoms with Crippen LogP contribution in [0.1, 0.15) is 38.7 Å². The molecule has 0 saturated heterocycles. The normalized spacial score (nSPS) is 22.1. The Morgan fingerprint density at radius 1 is 1.25 bits per heavy atom. The number of hydrogen-bond acceptors (Lipinski definition) is 4. The summed E-state index contributed by atoms with van der Waals surface area (Å²) in [5.41, 5.74) is 1.04. The van der Waals surface area contributed by atoms with Gasteiger partial charge in [-0.1, -0.05) is 37.3 Å². The Labute approximate surface area is 166 Å². The highest BCUT2D eigenvalue weighted by molar-refractivity contribution is 5.96. The lowest BCUT2D eigenvalue weighted by Gasteiger charge is -2.27. The highest BCUT2D eigenvalue weighted by Gasteiger charge is 2.36. The van der Waals surface area contributed by atoms with Crippen molar-refractivity contribution in [3.8, 4) is 0 Å². The lowest BCUT2D eigenvalue weighted by atomic mass is 9.78. The topological polar surface area (TPSA) is 75.7 Å². The predicted octanol–water partition coefficient (Wildman–Crippen LogP) is 2.51. The van der Waals surface area contributed by atoms with Gasteiger partial charge in [-0.3, -0.25) is 14.4 Å². The first kappa shape index (κ1) is 21.7. The summed E-state index contributed by atoms with van der Waals surface area (Å²) in [5, 5.41) is 2.92. The van der Waals surface area contributed by atoms with Crippen molar-refractivity contribution >= 4 is 17.6 Å². The number of amides is 2. The van der Waals surface area contributed by atoms with E-state index in [2.05, 4.69) is 5.32 Å². The molecule has 1 aromatic rings. The minimum atomic E-state index is -0.487. The van der Waals surface area contributed by atoms with Crippen molar-refractivity contribution in [3.05, 3.63) is 47.7 Å². The van der Waals surface area contributed by atoms with E-state index in [0.717, 1.165) is 5.56 Å². The van der Waals surface area contributed by atoms with Crippen molar-refractivity contribution in [1.82, 2.24) is 10.2 Å². The molecule has 6 nitrogen and oxygen atoms in total. The number of nitrogens with one attached hydrogen (secondary N) is 1. The number of hydrogen-bond donors (Lipinski definition) is 1. The van der Waals surface area contributed by atoms with Crippen molar-refractivity contribution in [3.63, 3.8) is 0 Å². The Hall–Kier alpha value is -2.63. The minimum Gasteiger partial charge on any atom is -0.493 e. The summed E-state index contributed by atoms with van der Waals surface area (Å²) in [6.45, 7) is 6.85. The SMILES string of the molecule is CCN(CCNC(=O)[C@H]1C=C(OC)C(=O)C[C@H](c2ccccc2)[C@@H]1C)C(C)=O. The maximum absolute atomic E-state index is 12.9. The first-order valence-corrected chi connectivity index (χ1v) is 9.76. The quantitative estimate of drug-likeness (QED) is 0.781. The lowest BCUT2D eigenvalue weighted by Crippen LogP contribution is -2.40. The molecule has 2 amide bonds.